The van der Waals surface area contributed by atoms with Crippen LogP contribution in [0.2, 0.25) is 0 Å². The lowest BCUT2D eigenvalue weighted by Gasteiger charge is -1.76. The summed E-state index contributed by atoms with van der Waals surface area (Å²) in [6, 6.07) is 0. The first-order valence-corrected chi connectivity index (χ1v) is 2.19. The molecule has 0 radical (unpaired) electrons. The third-order valence-corrected chi connectivity index (χ3v) is 0.569. The molecule has 0 saturated carbocycles. The molecule has 0 amide bonds. The van der Waals surface area contributed by atoms with E-state index >= 15 is 0 Å². The van der Waals surface area contributed by atoms with E-state index in [-0.39, 0.29) is 0 Å². The summed E-state index contributed by atoms with van der Waals surface area (Å²) < 4.78 is 3.54. The van der Waals surface area contributed by atoms with Gasteiger partial charge < -0.3 is 0 Å². The normalized spacial score (nSPS) is 7.00. The smallest absolute Gasteiger partial charge is 0.114 e. The van der Waals surface area contributed by atoms with Gasteiger partial charge in [-0.25, -0.2) is 0 Å². The lowest BCUT2D eigenvalue weighted by Crippen LogP contribution is -1.77. The number of hydrogen-bond acceptors (Lipinski definition) is 0. The molecule has 7 heavy (non-hydrogen) atoms. The minimum Gasteiger partial charge on any atom is -0.114 e. The Morgan fingerprint density at radius 2 is 2.43 bits per heavy atom. The third kappa shape index (κ3) is 5.19. The topological polar surface area (TPSA) is 14.1 Å². The van der Waals surface area contributed by atoms with Crippen molar-refractivity contribution in [1.29, 1.82) is 0 Å². The van der Waals surface area contributed by atoms with Crippen molar-refractivity contribution in [2.75, 3.05) is 0 Å². The van der Waals surface area contributed by atoms with Crippen molar-refractivity contribution in [2.24, 2.45) is 0 Å². The molecule has 0 aliphatic heterocycles. The van der Waals surface area contributed by atoms with Gasteiger partial charge in [0.05, 0.1) is 6.42 Å². The number of hydrogen-bond donors (Lipinski definition) is 0. The summed E-state index contributed by atoms with van der Waals surface area (Å²) in [5.74, 6) is 0. The summed E-state index contributed by atoms with van der Waals surface area (Å²) in [5, 5.41) is 0. The molecule has 0 spiro atoms. The van der Waals surface area contributed by atoms with Crippen molar-refractivity contribution < 1.29 is 0 Å². The summed E-state index contributed by atoms with van der Waals surface area (Å²) in [7, 11) is 0. The third-order valence-electron chi connectivity index (χ3n) is 0.569. The molecule has 0 unspecified atom stereocenters. The van der Waals surface area contributed by atoms with E-state index in [1.54, 1.807) is 6.21 Å². The van der Waals surface area contributed by atoms with Gasteiger partial charge in [0.2, 0.25) is 0 Å². The fourth-order valence-corrected chi connectivity index (χ4v) is 0.220. The van der Waals surface area contributed by atoms with Crippen LogP contribution in [0.15, 0.2) is 12.2 Å². The Bertz CT molecular complexity index is 107. The highest BCUT2D eigenvalue weighted by molar-refractivity contribution is 5.61. The molecule has 0 aromatic heterocycles. The monoisotopic (exact) mass is 96.1 g/mol. The van der Waals surface area contributed by atoms with E-state index in [1.807, 2.05) is 6.92 Å². The van der Waals surface area contributed by atoms with Gasteiger partial charge in [-0.3, -0.25) is 0 Å². The van der Waals surface area contributed by atoms with E-state index in [2.05, 4.69) is 18.0 Å². The van der Waals surface area contributed by atoms with E-state index in [0.29, 0.717) is 0 Å². The minimum atomic E-state index is 0.851. The Morgan fingerprint density at radius 1 is 1.86 bits per heavy atom. The first-order valence-electron chi connectivity index (χ1n) is 2.19. The van der Waals surface area contributed by atoms with Crippen LogP contribution in [0.4, 0.5) is 0 Å². The van der Waals surface area contributed by atoms with Crippen molar-refractivity contribution in [3.8, 4) is 0 Å². The standard InChI is InChI=1S/C6H10N/c1-6(2)4-5-7-3/h5H,1,3-4H2,2H3/q+1. The summed E-state index contributed by atoms with van der Waals surface area (Å²) >= 11 is 0. The van der Waals surface area contributed by atoms with E-state index in [0.717, 1.165) is 12.0 Å². The number of rotatable bonds is 2. The van der Waals surface area contributed by atoms with E-state index < -0.39 is 0 Å². The van der Waals surface area contributed by atoms with Crippen LogP contribution >= 0.6 is 0 Å². The van der Waals surface area contributed by atoms with Crippen LogP contribution in [0.5, 0.6) is 0 Å². The Kier molecular flexibility index (Phi) is 2.99. The maximum atomic E-state index is 3.67. The van der Waals surface area contributed by atoms with Crippen LogP contribution in [0.3, 0.4) is 0 Å². The zero-order chi connectivity index (χ0) is 5.70. The lowest BCUT2D eigenvalue weighted by atomic mass is 10.3. The van der Waals surface area contributed by atoms with Crippen molar-refractivity contribution >= 4 is 12.9 Å². The van der Waals surface area contributed by atoms with Gasteiger partial charge in [-0.15, -0.1) is 4.67 Å². The number of nitrogens with zero attached hydrogens (tertiary/aromatic N) is 1. The van der Waals surface area contributed by atoms with Gasteiger partial charge in [-0.05, 0) is 6.92 Å². The van der Waals surface area contributed by atoms with Crippen LogP contribution < -0.4 is 4.67 Å². The van der Waals surface area contributed by atoms with Crippen LogP contribution in [0.1, 0.15) is 13.3 Å². The van der Waals surface area contributed by atoms with Gasteiger partial charge in [-0.2, -0.15) is 0 Å². The first kappa shape index (κ1) is 6.19. The predicted molar refractivity (Wildman–Crippen MR) is 34.7 cm³/mol. The van der Waals surface area contributed by atoms with Gasteiger partial charge in [-0.1, -0.05) is 12.2 Å². The average molecular weight is 96.2 g/mol. The van der Waals surface area contributed by atoms with Gasteiger partial charge in [0.25, 0.3) is 12.9 Å². The molecule has 0 aromatic carbocycles. The van der Waals surface area contributed by atoms with Crippen molar-refractivity contribution in [2.45, 2.75) is 13.3 Å². The summed E-state index contributed by atoms with van der Waals surface area (Å²) in [6.45, 7) is 8.92. The van der Waals surface area contributed by atoms with Gasteiger partial charge in [0.1, 0.15) is 0 Å². The second-order valence-corrected chi connectivity index (χ2v) is 1.53. The zero-order valence-corrected chi connectivity index (χ0v) is 4.65. The van der Waals surface area contributed by atoms with Gasteiger partial charge >= 0.3 is 0 Å². The van der Waals surface area contributed by atoms with Crippen LogP contribution in [0.25, 0.3) is 0 Å². The molecule has 38 valence electrons. The van der Waals surface area contributed by atoms with Gasteiger partial charge in [0, 0.05) is 0 Å². The fourth-order valence-electron chi connectivity index (χ4n) is 0.220. The molecular formula is C6H10N+. The predicted octanol–water partition coefficient (Wildman–Crippen LogP) is 0.791. The summed E-state index contributed by atoms with van der Waals surface area (Å²) in [5.41, 5.74) is 1.12. The lowest BCUT2D eigenvalue weighted by molar-refractivity contribution is 1.30. The fraction of sp³-hybridized carbons (Fsp3) is 0.333. The largest absolute Gasteiger partial charge is 0.272 e. The Hall–Kier alpha value is -0.810. The zero-order valence-electron chi connectivity index (χ0n) is 4.65. The molecule has 0 atom stereocenters. The highest BCUT2D eigenvalue weighted by Gasteiger charge is 1.81. The van der Waals surface area contributed by atoms with E-state index in [1.165, 1.54) is 0 Å². The average Bonchev–Trinajstić information content (AvgIpc) is 1.61. The molecule has 0 aliphatic rings. The second kappa shape index (κ2) is 3.38. The molecule has 0 heterocycles. The van der Waals surface area contributed by atoms with E-state index in [9.17, 15) is 0 Å². The Balaban J connectivity index is 3.32. The number of allylic oxidation sites excluding steroid dienone is 1. The molecule has 0 saturated heterocycles. The van der Waals surface area contributed by atoms with E-state index in [4.69, 9.17) is 0 Å². The second-order valence-electron chi connectivity index (χ2n) is 1.53. The van der Waals surface area contributed by atoms with Crippen LogP contribution in [0, 0.1) is 0 Å². The highest BCUT2D eigenvalue weighted by Crippen LogP contribution is 1.87. The highest BCUT2D eigenvalue weighted by atomic mass is 14.5. The van der Waals surface area contributed by atoms with Crippen molar-refractivity contribution in [1.82, 2.24) is 4.67 Å². The van der Waals surface area contributed by atoms with Crippen molar-refractivity contribution in [3.05, 3.63) is 12.2 Å². The maximum Gasteiger partial charge on any atom is 0.272 e. The van der Waals surface area contributed by atoms with Crippen molar-refractivity contribution in [3.63, 3.8) is 0 Å². The molecule has 0 N–H and O–H groups in total. The quantitative estimate of drug-likeness (QED) is 0.274. The molecule has 1 heteroatoms. The SMILES string of the molecule is C=[N+]=CCC(=C)C. The van der Waals surface area contributed by atoms with Gasteiger partial charge in [0.15, 0.2) is 0 Å². The minimum absolute atomic E-state index is 0.851. The summed E-state index contributed by atoms with van der Waals surface area (Å²) in [6.07, 6.45) is 2.59. The maximum absolute atomic E-state index is 3.67. The molecule has 0 aliphatic carbocycles. The Labute approximate surface area is 44.1 Å². The Morgan fingerprint density at radius 3 is 2.57 bits per heavy atom. The molecule has 0 bridgehead atoms. The van der Waals surface area contributed by atoms with Crippen LogP contribution in [-0.2, 0) is 0 Å². The molecule has 0 rings (SSSR count). The molecule has 0 fully saturated rings. The first-order chi connectivity index (χ1) is 3.27. The molecule has 1 nitrogen and oxygen atoms in total. The molecule has 0 aromatic rings. The molecular weight excluding hydrogens is 86.1 g/mol. The summed E-state index contributed by atoms with van der Waals surface area (Å²) in [4.78, 5) is 0. The van der Waals surface area contributed by atoms with Crippen LogP contribution in [-0.4, -0.2) is 12.9 Å².